The van der Waals surface area contributed by atoms with Gasteiger partial charge in [-0.25, -0.2) is 0 Å². The van der Waals surface area contributed by atoms with Gasteiger partial charge in [-0.15, -0.1) is 12.4 Å². The molecule has 3 N–H and O–H groups in total. The highest BCUT2D eigenvalue weighted by molar-refractivity contribution is 7.99. The molecule has 0 aromatic carbocycles. The minimum Gasteiger partial charge on any atom is -0.352 e. The lowest BCUT2D eigenvalue weighted by Crippen LogP contribution is -2.48. The van der Waals surface area contributed by atoms with Crippen molar-refractivity contribution in [2.75, 3.05) is 6.26 Å². The Kier molecular flexibility index (Phi) is 4.95. The Hall–Kier alpha value is 0.0700. The third kappa shape index (κ3) is 3.28. The van der Waals surface area contributed by atoms with Crippen LogP contribution in [-0.4, -0.2) is 29.0 Å². The Balaban J connectivity index is 0.00000128. The van der Waals surface area contributed by atoms with Crippen LogP contribution < -0.4 is 11.1 Å². The maximum atomic E-state index is 11.7. The molecular weight excluding hydrogens is 244 g/mol. The molecule has 0 saturated heterocycles. The maximum absolute atomic E-state index is 11.7. The van der Waals surface area contributed by atoms with Crippen molar-refractivity contribution in [1.29, 1.82) is 0 Å². The van der Waals surface area contributed by atoms with E-state index in [9.17, 15) is 4.79 Å². The number of rotatable bonds is 3. The highest BCUT2D eigenvalue weighted by Crippen LogP contribution is 2.33. The molecule has 1 amide bonds. The lowest BCUT2D eigenvalue weighted by Gasteiger charge is -2.29. The van der Waals surface area contributed by atoms with Crippen molar-refractivity contribution in [1.82, 2.24) is 5.32 Å². The molecular formula is C11H21ClN2OS. The average molecular weight is 265 g/mol. The fourth-order valence-corrected chi connectivity index (χ4v) is 3.01. The predicted octanol–water partition coefficient (Wildman–Crippen LogP) is 1.69. The molecule has 94 valence electrons. The number of hydrogen-bond acceptors (Lipinski definition) is 3. The van der Waals surface area contributed by atoms with E-state index < -0.39 is 5.54 Å². The topological polar surface area (TPSA) is 55.1 Å². The number of nitrogens with one attached hydrogen (secondary N) is 1. The molecule has 0 radical (unpaired) electrons. The molecule has 0 heterocycles. The molecule has 5 heteroatoms. The predicted molar refractivity (Wildman–Crippen MR) is 71.1 cm³/mol. The summed E-state index contributed by atoms with van der Waals surface area (Å²) < 4.78 is 0. The van der Waals surface area contributed by atoms with Gasteiger partial charge in [0.2, 0.25) is 5.91 Å². The van der Waals surface area contributed by atoms with E-state index in [0.29, 0.717) is 6.04 Å². The van der Waals surface area contributed by atoms with Crippen LogP contribution in [-0.2, 0) is 4.79 Å². The summed E-state index contributed by atoms with van der Waals surface area (Å²) in [4.78, 5) is 11.7. The normalized spacial score (nSPS) is 31.4. The van der Waals surface area contributed by atoms with Gasteiger partial charge in [0.15, 0.2) is 0 Å². The van der Waals surface area contributed by atoms with E-state index in [0.717, 1.165) is 30.9 Å². The Labute approximate surface area is 108 Å². The lowest BCUT2D eigenvalue weighted by molar-refractivity contribution is -0.124. The fraction of sp³-hybridized carbons (Fsp3) is 0.909. The van der Waals surface area contributed by atoms with Gasteiger partial charge in [0.25, 0.3) is 0 Å². The highest BCUT2D eigenvalue weighted by Gasteiger charge is 2.46. The number of amides is 1. The zero-order chi connectivity index (χ0) is 10.9. The van der Waals surface area contributed by atoms with Crippen LogP contribution in [0.1, 0.15) is 38.5 Å². The Morgan fingerprint density at radius 3 is 2.69 bits per heavy atom. The molecule has 2 aliphatic rings. The first-order valence-corrected chi connectivity index (χ1v) is 7.05. The second-order valence-corrected chi connectivity index (χ2v) is 5.99. The third-order valence-corrected chi connectivity index (χ3v) is 4.63. The van der Waals surface area contributed by atoms with Gasteiger partial charge in [-0.2, -0.15) is 11.8 Å². The molecule has 0 aliphatic heterocycles. The van der Waals surface area contributed by atoms with Gasteiger partial charge in [0, 0.05) is 11.3 Å². The van der Waals surface area contributed by atoms with Gasteiger partial charge in [0.1, 0.15) is 0 Å². The largest absolute Gasteiger partial charge is 0.352 e. The number of halogens is 1. The zero-order valence-electron chi connectivity index (χ0n) is 9.70. The van der Waals surface area contributed by atoms with Gasteiger partial charge in [-0.1, -0.05) is 6.42 Å². The minimum absolute atomic E-state index is 0. The molecule has 2 rings (SSSR count). The van der Waals surface area contributed by atoms with Crippen molar-refractivity contribution in [2.45, 2.75) is 55.4 Å². The summed E-state index contributed by atoms with van der Waals surface area (Å²) in [7, 11) is 0. The van der Waals surface area contributed by atoms with Gasteiger partial charge >= 0.3 is 0 Å². The van der Waals surface area contributed by atoms with E-state index in [4.69, 9.17) is 5.73 Å². The van der Waals surface area contributed by atoms with Crippen LogP contribution in [0, 0.1) is 0 Å². The molecule has 0 spiro atoms. The summed E-state index contributed by atoms with van der Waals surface area (Å²) in [5, 5.41) is 3.83. The van der Waals surface area contributed by atoms with Gasteiger partial charge < -0.3 is 11.1 Å². The molecule has 2 fully saturated rings. The first-order chi connectivity index (χ1) is 7.14. The first-order valence-electron chi connectivity index (χ1n) is 5.77. The molecule has 3 nitrogen and oxygen atoms in total. The van der Waals surface area contributed by atoms with Crippen molar-refractivity contribution >= 4 is 30.1 Å². The average Bonchev–Trinajstić information content (AvgIpc) is 2.98. The van der Waals surface area contributed by atoms with Crippen LogP contribution >= 0.6 is 24.2 Å². The number of thioether (sulfide) groups is 1. The van der Waals surface area contributed by atoms with Gasteiger partial charge in [0.05, 0.1) is 5.54 Å². The number of nitrogens with two attached hydrogens (primary N) is 1. The number of hydrogen-bond donors (Lipinski definition) is 2. The lowest BCUT2D eigenvalue weighted by atomic mass is 9.94. The van der Waals surface area contributed by atoms with Crippen LogP contribution in [0.4, 0.5) is 0 Å². The van der Waals surface area contributed by atoms with Crippen LogP contribution in [0.3, 0.4) is 0 Å². The molecule has 2 atom stereocenters. The first kappa shape index (κ1) is 14.1. The van der Waals surface area contributed by atoms with E-state index in [1.54, 1.807) is 0 Å². The third-order valence-electron chi connectivity index (χ3n) is 3.54. The molecule has 0 aromatic rings. The maximum Gasteiger partial charge on any atom is 0.240 e. The van der Waals surface area contributed by atoms with Gasteiger partial charge in [-0.3, -0.25) is 4.79 Å². The monoisotopic (exact) mass is 264 g/mol. The summed E-state index contributed by atoms with van der Waals surface area (Å²) in [5.41, 5.74) is 5.35. The molecule has 16 heavy (non-hydrogen) atoms. The number of carbonyl (C=O) groups excluding carboxylic acids is 1. The van der Waals surface area contributed by atoms with E-state index in [1.807, 2.05) is 11.8 Å². The Bertz CT molecular complexity index is 258. The van der Waals surface area contributed by atoms with Crippen molar-refractivity contribution in [3.63, 3.8) is 0 Å². The summed E-state index contributed by atoms with van der Waals surface area (Å²) >= 11 is 1.92. The quantitative estimate of drug-likeness (QED) is 0.816. The standard InChI is InChI=1S/C11H20N2OS.ClH/c1-15-9-4-2-3-8(7-9)13-10(14)11(12)5-6-11;/h8-9H,2-7,12H2,1H3,(H,13,14);1H. The summed E-state index contributed by atoms with van der Waals surface area (Å²) in [6.07, 6.45) is 8.63. The van der Waals surface area contributed by atoms with E-state index in [-0.39, 0.29) is 18.3 Å². The molecule has 2 aliphatic carbocycles. The SMILES string of the molecule is CSC1CCCC(NC(=O)C2(N)CC2)C1.Cl. The van der Waals surface area contributed by atoms with E-state index >= 15 is 0 Å². The van der Waals surface area contributed by atoms with Crippen molar-refractivity contribution < 1.29 is 4.79 Å². The van der Waals surface area contributed by atoms with Crippen molar-refractivity contribution in [3.8, 4) is 0 Å². The molecule has 2 unspecified atom stereocenters. The highest BCUT2D eigenvalue weighted by atomic mass is 35.5. The van der Waals surface area contributed by atoms with Crippen LogP contribution in [0.5, 0.6) is 0 Å². The minimum atomic E-state index is -0.508. The Morgan fingerprint density at radius 1 is 1.44 bits per heavy atom. The molecule has 0 aromatic heterocycles. The fourth-order valence-electron chi connectivity index (χ4n) is 2.18. The summed E-state index contributed by atoms with van der Waals surface area (Å²) in [5.74, 6) is 0.0780. The summed E-state index contributed by atoms with van der Waals surface area (Å²) in [6.45, 7) is 0. The Morgan fingerprint density at radius 2 is 2.12 bits per heavy atom. The van der Waals surface area contributed by atoms with Crippen molar-refractivity contribution in [3.05, 3.63) is 0 Å². The second kappa shape index (κ2) is 5.61. The smallest absolute Gasteiger partial charge is 0.240 e. The zero-order valence-corrected chi connectivity index (χ0v) is 11.3. The number of carbonyl (C=O) groups is 1. The second-order valence-electron chi connectivity index (χ2n) is 4.85. The molecule has 0 bridgehead atoms. The van der Waals surface area contributed by atoms with Crippen LogP contribution in [0.15, 0.2) is 0 Å². The molecule has 2 saturated carbocycles. The van der Waals surface area contributed by atoms with Crippen molar-refractivity contribution in [2.24, 2.45) is 5.73 Å². The van der Waals surface area contributed by atoms with Gasteiger partial charge in [-0.05, 0) is 38.4 Å². The van der Waals surface area contributed by atoms with E-state index in [1.165, 1.54) is 12.8 Å². The van der Waals surface area contributed by atoms with Crippen LogP contribution in [0.25, 0.3) is 0 Å². The van der Waals surface area contributed by atoms with Crippen LogP contribution in [0.2, 0.25) is 0 Å². The van der Waals surface area contributed by atoms with E-state index in [2.05, 4.69) is 11.6 Å². The summed E-state index contributed by atoms with van der Waals surface area (Å²) in [6, 6.07) is 0.365.